The molecule has 3 heterocycles. The largest absolute Gasteiger partial charge is 0.338 e. The fraction of sp³-hybridized carbons (Fsp3) is 0.227. The Hall–Kier alpha value is -3.73. The highest BCUT2D eigenvalue weighted by Gasteiger charge is 2.15. The van der Waals surface area contributed by atoms with Gasteiger partial charge in [-0.25, -0.2) is 19.2 Å². The molecule has 0 saturated carbocycles. The maximum atomic E-state index is 14.4. The first-order valence-electron chi connectivity index (χ1n) is 10.0. The van der Waals surface area contributed by atoms with Crippen LogP contribution < -0.4 is 16.2 Å². The Kier molecular flexibility index (Phi) is 6.14. The van der Waals surface area contributed by atoms with Gasteiger partial charge in [-0.3, -0.25) is 14.7 Å². The van der Waals surface area contributed by atoms with Crippen LogP contribution in [0.25, 0.3) is 22.2 Å². The number of nitrogens with zero attached hydrogens (tertiary/aromatic N) is 4. The van der Waals surface area contributed by atoms with Crippen LogP contribution in [0.2, 0.25) is 0 Å². The van der Waals surface area contributed by atoms with Crippen LogP contribution in [0.3, 0.4) is 0 Å². The molecule has 0 unspecified atom stereocenters. The van der Waals surface area contributed by atoms with Crippen LogP contribution in [-0.4, -0.2) is 32.0 Å². The number of hydrogen-bond donors (Lipinski definition) is 2. The van der Waals surface area contributed by atoms with E-state index in [0.29, 0.717) is 33.0 Å². The van der Waals surface area contributed by atoms with Crippen molar-refractivity contribution in [2.24, 2.45) is 7.05 Å². The number of nitrogens with one attached hydrogen (secondary N) is 2. The number of aryl methyl sites for hydroxylation is 1. The number of thioether (sulfide) groups is 1. The smallest absolute Gasteiger partial charge is 0.326 e. The summed E-state index contributed by atoms with van der Waals surface area (Å²) in [4.78, 5) is 34.0. The van der Waals surface area contributed by atoms with Gasteiger partial charge in [0.15, 0.2) is 5.16 Å². The summed E-state index contributed by atoms with van der Waals surface area (Å²) in [6.45, 7) is 3.88. The first-order valence-corrected chi connectivity index (χ1v) is 11.2. The van der Waals surface area contributed by atoms with E-state index in [1.54, 1.807) is 25.4 Å². The maximum absolute atomic E-state index is 14.4. The van der Waals surface area contributed by atoms with Crippen LogP contribution in [0.5, 0.6) is 0 Å². The highest BCUT2D eigenvalue weighted by atomic mass is 32.2. The second kappa shape index (κ2) is 9.02. The fourth-order valence-electron chi connectivity index (χ4n) is 3.21. The zero-order chi connectivity index (χ0) is 23.7. The van der Waals surface area contributed by atoms with Gasteiger partial charge in [-0.05, 0) is 35.9 Å². The molecule has 4 rings (SSSR count). The number of urea groups is 1. The van der Waals surface area contributed by atoms with E-state index in [2.05, 4.69) is 25.8 Å². The minimum absolute atomic E-state index is 0.0928. The molecule has 0 atom stereocenters. The average molecular weight is 469 g/mol. The zero-order valence-electron chi connectivity index (χ0n) is 18.3. The van der Waals surface area contributed by atoms with E-state index in [4.69, 9.17) is 4.52 Å². The van der Waals surface area contributed by atoms with E-state index in [1.807, 2.05) is 20.1 Å². The second-order valence-electron chi connectivity index (χ2n) is 7.60. The number of benzene rings is 1. The van der Waals surface area contributed by atoms with Crippen LogP contribution in [0.4, 0.5) is 20.8 Å². The molecule has 0 aliphatic carbocycles. The molecule has 0 radical (unpaired) electrons. The lowest BCUT2D eigenvalue weighted by molar-refractivity contribution is 0.261. The molecule has 11 heteroatoms. The topological polar surface area (TPSA) is 115 Å². The zero-order valence-corrected chi connectivity index (χ0v) is 19.2. The van der Waals surface area contributed by atoms with Crippen molar-refractivity contribution >= 4 is 40.4 Å². The van der Waals surface area contributed by atoms with Crippen LogP contribution in [0, 0.1) is 5.82 Å². The normalized spacial score (nSPS) is 11.2. The summed E-state index contributed by atoms with van der Waals surface area (Å²) in [6.07, 6.45) is 3.48. The summed E-state index contributed by atoms with van der Waals surface area (Å²) in [5.41, 5.74) is 1.54. The number of fused-ring (bicyclic) bond motifs is 1. The molecule has 0 saturated heterocycles. The summed E-state index contributed by atoms with van der Waals surface area (Å²) < 4.78 is 20.9. The SMILES string of the molecule is CSc1ncc2cc(-c3ccc(F)c(NC(=O)Nc4cc(C(C)C)no4)c3)c(=O)n(C)c2n1. The Bertz CT molecular complexity index is 1420. The molecule has 0 spiro atoms. The number of amides is 2. The van der Waals surface area contributed by atoms with Crippen molar-refractivity contribution in [1.82, 2.24) is 19.7 Å². The van der Waals surface area contributed by atoms with Gasteiger partial charge in [-0.2, -0.15) is 0 Å². The van der Waals surface area contributed by atoms with E-state index < -0.39 is 11.8 Å². The predicted octanol–water partition coefficient (Wildman–Crippen LogP) is 4.61. The van der Waals surface area contributed by atoms with Crippen molar-refractivity contribution in [3.8, 4) is 11.1 Å². The molecule has 2 N–H and O–H groups in total. The third kappa shape index (κ3) is 4.58. The minimum atomic E-state index is -0.707. The average Bonchev–Trinajstić information content (AvgIpc) is 3.26. The number of anilines is 2. The summed E-state index contributed by atoms with van der Waals surface area (Å²) in [5, 5.41) is 10.00. The summed E-state index contributed by atoms with van der Waals surface area (Å²) in [6, 6.07) is 6.61. The number of halogens is 1. The van der Waals surface area contributed by atoms with Gasteiger partial charge in [0.2, 0.25) is 5.88 Å². The van der Waals surface area contributed by atoms with Gasteiger partial charge >= 0.3 is 6.03 Å². The molecule has 9 nitrogen and oxygen atoms in total. The number of aromatic nitrogens is 4. The Labute approximate surface area is 192 Å². The lowest BCUT2D eigenvalue weighted by Crippen LogP contribution is -2.21. The number of hydrogen-bond acceptors (Lipinski definition) is 7. The van der Waals surface area contributed by atoms with Gasteiger partial charge in [0.25, 0.3) is 5.56 Å². The molecule has 0 bridgehead atoms. The second-order valence-corrected chi connectivity index (χ2v) is 8.38. The summed E-state index contributed by atoms with van der Waals surface area (Å²) >= 11 is 1.38. The van der Waals surface area contributed by atoms with Crippen LogP contribution in [0.15, 0.2) is 51.0 Å². The molecular formula is C22H21FN6O3S. The lowest BCUT2D eigenvalue weighted by atomic mass is 10.1. The van der Waals surface area contributed by atoms with Gasteiger partial charge < -0.3 is 9.84 Å². The third-order valence-electron chi connectivity index (χ3n) is 4.99. The van der Waals surface area contributed by atoms with Crippen LogP contribution in [-0.2, 0) is 7.05 Å². The van der Waals surface area contributed by atoms with E-state index in [-0.39, 0.29) is 23.0 Å². The number of carbonyl (C=O) groups excluding carboxylic acids is 1. The van der Waals surface area contributed by atoms with Crippen molar-refractivity contribution < 1.29 is 13.7 Å². The summed E-state index contributed by atoms with van der Waals surface area (Å²) in [7, 11) is 1.62. The number of rotatable bonds is 5. The fourth-order valence-corrected chi connectivity index (χ4v) is 3.55. The standard InChI is InChI=1S/C22H21FN6O3S/c1-11(2)16-9-18(32-28-16)26-21(31)25-17-8-12(5-6-15(17)23)14-7-13-10-24-22(33-4)27-19(13)29(3)20(14)30/h5-11H,1-4H3,(H2,25,26,31). The number of pyridine rings is 1. The minimum Gasteiger partial charge on any atom is -0.338 e. The predicted molar refractivity (Wildman–Crippen MR) is 125 cm³/mol. The van der Waals surface area contributed by atoms with E-state index in [9.17, 15) is 14.0 Å². The van der Waals surface area contributed by atoms with Crippen molar-refractivity contribution in [1.29, 1.82) is 0 Å². The van der Waals surface area contributed by atoms with E-state index >= 15 is 0 Å². The molecule has 2 amide bonds. The molecule has 3 aromatic heterocycles. The quantitative estimate of drug-likeness (QED) is 0.325. The van der Waals surface area contributed by atoms with E-state index in [0.717, 1.165) is 0 Å². The highest BCUT2D eigenvalue weighted by Crippen LogP contribution is 2.26. The summed E-state index contributed by atoms with van der Waals surface area (Å²) in [5.74, 6) is -0.385. The van der Waals surface area contributed by atoms with Crippen LogP contribution >= 0.6 is 11.8 Å². The lowest BCUT2D eigenvalue weighted by Gasteiger charge is -2.11. The van der Waals surface area contributed by atoms with Crippen molar-refractivity contribution in [2.45, 2.75) is 24.9 Å². The van der Waals surface area contributed by atoms with E-state index in [1.165, 1.54) is 34.5 Å². The Morgan fingerprint density at radius 2 is 2.00 bits per heavy atom. The monoisotopic (exact) mass is 468 g/mol. The molecule has 170 valence electrons. The van der Waals surface area contributed by atoms with Gasteiger partial charge in [-0.1, -0.05) is 36.8 Å². The first-order chi connectivity index (χ1) is 15.8. The van der Waals surface area contributed by atoms with Gasteiger partial charge in [0.1, 0.15) is 11.5 Å². The highest BCUT2D eigenvalue weighted by molar-refractivity contribution is 7.98. The Morgan fingerprint density at radius 1 is 1.21 bits per heavy atom. The van der Waals surface area contributed by atoms with Crippen molar-refractivity contribution in [3.63, 3.8) is 0 Å². The molecular weight excluding hydrogens is 447 g/mol. The molecule has 1 aromatic carbocycles. The van der Waals surface area contributed by atoms with Gasteiger partial charge in [0.05, 0.1) is 11.4 Å². The first kappa shape index (κ1) is 22.5. The van der Waals surface area contributed by atoms with Crippen molar-refractivity contribution in [2.75, 3.05) is 16.9 Å². The molecule has 0 aliphatic rings. The van der Waals surface area contributed by atoms with Gasteiger partial charge in [-0.15, -0.1) is 0 Å². The van der Waals surface area contributed by atoms with Gasteiger partial charge in [0, 0.05) is 30.3 Å². The Balaban J connectivity index is 1.64. The Morgan fingerprint density at radius 3 is 2.70 bits per heavy atom. The third-order valence-corrected chi connectivity index (χ3v) is 5.55. The molecule has 33 heavy (non-hydrogen) atoms. The molecule has 4 aromatic rings. The number of carbonyl (C=O) groups is 1. The maximum Gasteiger partial charge on any atom is 0.326 e. The van der Waals surface area contributed by atoms with Crippen molar-refractivity contribution in [3.05, 3.63) is 58.4 Å². The van der Waals surface area contributed by atoms with Crippen LogP contribution in [0.1, 0.15) is 25.5 Å². The molecule has 0 aliphatic heterocycles. The molecule has 0 fully saturated rings.